The van der Waals surface area contributed by atoms with Gasteiger partial charge in [-0.15, -0.1) is 0 Å². The molecule has 16 aromatic rings. The monoisotopic (exact) mass is 1370 g/mol. The van der Waals surface area contributed by atoms with Crippen LogP contribution in [0.3, 0.4) is 0 Å². The molecule has 0 radical (unpaired) electrons. The first-order chi connectivity index (χ1) is 52.1. The smallest absolute Gasteiger partial charge is 0.0701 e. The zero-order valence-corrected chi connectivity index (χ0v) is 62.3. The molecule has 16 aromatic carbocycles. The maximum absolute atomic E-state index is 2.51. The molecule has 2 heteroatoms. The van der Waals surface area contributed by atoms with Crippen LogP contribution in [0.5, 0.6) is 0 Å². The number of hydrogen-bond acceptors (Lipinski definition) is 2. The molecule has 0 aliphatic rings. The van der Waals surface area contributed by atoms with E-state index in [0.29, 0.717) is 0 Å². The van der Waals surface area contributed by atoms with E-state index >= 15 is 0 Å². The Morgan fingerprint density at radius 2 is 0.481 bits per heavy atom. The second kappa shape index (κ2) is 30.1. The Morgan fingerprint density at radius 1 is 0.208 bits per heavy atom. The van der Waals surface area contributed by atoms with Crippen molar-refractivity contribution < 1.29 is 0 Å². The lowest BCUT2D eigenvalue weighted by Gasteiger charge is -2.37. The van der Waals surface area contributed by atoms with E-state index in [-0.39, 0.29) is 0 Å². The molecule has 0 unspecified atom stereocenters. The number of benzene rings is 16. The van der Waals surface area contributed by atoms with Crippen molar-refractivity contribution in [3.05, 3.63) is 395 Å². The van der Waals surface area contributed by atoms with Crippen molar-refractivity contribution in [2.45, 2.75) is 105 Å². The topological polar surface area (TPSA) is 6.48 Å². The Balaban J connectivity index is 0.873. The van der Waals surface area contributed by atoms with E-state index in [0.717, 1.165) is 96.6 Å². The van der Waals surface area contributed by atoms with Crippen LogP contribution in [-0.2, 0) is 31.1 Å². The molecule has 0 fully saturated rings. The lowest BCUT2D eigenvalue weighted by atomic mass is 9.65. The van der Waals surface area contributed by atoms with Gasteiger partial charge in [-0.3, -0.25) is 0 Å². The number of hydrogen-bond donors (Lipinski definition) is 0. The molecule has 0 saturated heterocycles. The second-order valence-electron chi connectivity index (χ2n) is 29.2. The molecule has 0 spiro atoms. The van der Waals surface area contributed by atoms with Crippen LogP contribution in [0.4, 0.5) is 34.1 Å². The molecule has 0 saturated carbocycles. The Morgan fingerprint density at radius 3 is 0.802 bits per heavy atom. The average Bonchev–Trinajstić information content (AvgIpc) is 0.727. The summed E-state index contributed by atoms with van der Waals surface area (Å²) in [6, 6.07) is 127. The zero-order chi connectivity index (χ0) is 72.3. The van der Waals surface area contributed by atoms with Gasteiger partial charge in [-0.2, -0.15) is 0 Å². The van der Waals surface area contributed by atoms with E-state index in [9.17, 15) is 0 Å². The first-order valence-corrected chi connectivity index (χ1v) is 38.5. The summed E-state index contributed by atoms with van der Waals surface area (Å²) < 4.78 is 0. The number of aryl methyl sites for hydroxylation is 7. The SMILES string of the molecule is CCCc1ccc(-c2cccc(N(c3ccc(C(c4ccccc4)(c4ccccc4)c4ccc(N(c5cc(C)cc(-c6ccc(CCC)c7ccccc67)c5)c5cc(C)cc(-c6ccc(CCC)c7ccccc67)c5)cc4)cc3)c3cc(C)cc(-c4ccc(CCC)c5ccccc45)c3)c2)c2ccccc12. The average molecular weight is 1370 g/mol. The quantitative estimate of drug-likeness (QED) is 0.0624. The summed E-state index contributed by atoms with van der Waals surface area (Å²) >= 11 is 0. The maximum Gasteiger partial charge on any atom is 0.0701 e. The van der Waals surface area contributed by atoms with Crippen LogP contribution in [0.25, 0.3) is 87.6 Å². The third-order valence-corrected chi connectivity index (χ3v) is 22.0. The molecular formula is C104H92N2. The minimum absolute atomic E-state index is 0.759. The van der Waals surface area contributed by atoms with Gasteiger partial charge in [-0.25, -0.2) is 0 Å². The first-order valence-electron chi connectivity index (χ1n) is 38.5. The molecule has 106 heavy (non-hydrogen) atoms. The van der Waals surface area contributed by atoms with Gasteiger partial charge in [0.05, 0.1) is 5.41 Å². The summed E-state index contributed by atoms with van der Waals surface area (Å²) in [5.41, 5.74) is 29.3. The molecule has 0 amide bonds. The number of nitrogens with zero attached hydrogens (tertiary/aromatic N) is 2. The van der Waals surface area contributed by atoms with E-state index < -0.39 is 5.41 Å². The molecule has 0 atom stereocenters. The highest BCUT2D eigenvalue weighted by Gasteiger charge is 2.39. The van der Waals surface area contributed by atoms with Crippen molar-refractivity contribution in [3.63, 3.8) is 0 Å². The molecule has 518 valence electrons. The van der Waals surface area contributed by atoms with Gasteiger partial charge < -0.3 is 9.80 Å². The van der Waals surface area contributed by atoms with Gasteiger partial charge in [0.2, 0.25) is 0 Å². The standard InChI is InChI=1S/C104H92N2/c1-8-27-74-45-57-96(100-41-22-18-37-92(74)100)78-31-26-36-88(67-78)105(89-64-71(5)61-79(68-89)97-58-46-75(28-9-2)93-38-19-23-42-101(93)97)86-53-49-84(50-54-86)104(82-32-14-12-15-33-82,83-34-16-13-17-35-83)85-51-55-87(56-52-85)106(90-65-72(6)62-80(69-90)98-59-47-76(29-10-3)94-39-20-24-43-102(94)98)91-66-73(7)63-81(70-91)99-60-48-77(30-11-4)95-40-21-25-44-103(95)99/h12-26,31-70H,8-11,27-30H2,1-7H3. The molecular weight excluding hydrogens is 1280 g/mol. The molecule has 0 bridgehead atoms. The summed E-state index contributed by atoms with van der Waals surface area (Å²) in [5, 5.41) is 10.4. The highest BCUT2D eigenvalue weighted by atomic mass is 15.1. The summed E-state index contributed by atoms with van der Waals surface area (Å²) in [6.07, 6.45) is 8.55. The van der Waals surface area contributed by atoms with Crippen molar-refractivity contribution in [3.8, 4) is 44.5 Å². The predicted molar refractivity (Wildman–Crippen MR) is 456 cm³/mol. The van der Waals surface area contributed by atoms with Crippen molar-refractivity contribution >= 4 is 77.2 Å². The highest BCUT2D eigenvalue weighted by molar-refractivity contribution is 6.04. The van der Waals surface area contributed by atoms with Gasteiger partial charge in [0.1, 0.15) is 0 Å². The Hall–Kier alpha value is -11.8. The molecule has 16 rings (SSSR count). The van der Waals surface area contributed by atoms with Gasteiger partial charge in [-0.05, 0) is 268 Å². The summed E-state index contributed by atoms with van der Waals surface area (Å²) in [7, 11) is 0. The Kier molecular flexibility index (Phi) is 19.5. The number of anilines is 6. The number of rotatable bonds is 22. The van der Waals surface area contributed by atoms with Gasteiger partial charge in [0, 0.05) is 34.1 Å². The molecule has 0 aliphatic carbocycles. The van der Waals surface area contributed by atoms with Gasteiger partial charge in [-0.1, -0.05) is 314 Å². The maximum atomic E-state index is 2.51. The van der Waals surface area contributed by atoms with E-state index in [1.807, 2.05) is 0 Å². The predicted octanol–water partition coefficient (Wildman–Crippen LogP) is 29.0. The van der Waals surface area contributed by atoms with Crippen LogP contribution in [0.15, 0.2) is 334 Å². The summed E-state index contributed by atoms with van der Waals surface area (Å²) in [6.45, 7) is 15.9. The third kappa shape index (κ3) is 13.1. The van der Waals surface area contributed by atoms with Crippen LogP contribution in [0.1, 0.15) is 115 Å². The van der Waals surface area contributed by atoms with Crippen LogP contribution in [0, 0.1) is 20.8 Å². The van der Waals surface area contributed by atoms with E-state index in [2.05, 4.69) is 392 Å². The summed E-state index contributed by atoms with van der Waals surface area (Å²) in [4.78, 5) is 5.00. The van der Waals surface area contributed by atoms with E-state index in [4.69, 9.17) is 0 Å². The molecule has 0 N–H and O–H groups in total. The second-order valence-corrected chi connectivity index (χ2v) is 29.2. The van der Waals surface area contributed by atoms with Gasteiger partial charge >= 0.3 is 0 Å². The molecule has 0 aromatic heterocycles. The highest BCUT2D eigenvalue weighted by Crippen LogP contribution is 2.50. The summed E-state index contributed by atoms with van der Waals surface area (Å²) in [5.74, 6) is 0. The van der Waals surface area contributed by atoms with Gasteiger partial charge in [0.25, 0.3) is 0 Å². The van der Waals surface area contributed by atoms with E-state index in [1.165, 1.54) is 138 Å². The minimum Gasteiger partial charge on any atom is -0.310 e. The van der Waals surface area contributed by atoms with Crippen LogP contribution in [0.2, 0.25) is 0 Å². The van der Waals surface area contributed by atoms with Crippen molar-refractivity contribution in [1.29, 1.82) is 0 Å². The molecule has 0 aliphatic heterocycles. The Labute approximate surface area is 627 Å². The lowest BCUT2D eigenvalue weighted by molar-refractivity contribution is 0.745. The number of fused-ring (bicyclic) bond motifs is 4. The normalized spacial score (nSPS) is 11.7. The molecule has 0 heterocycles. The molecule has 2 nitrogen and oxygen atoms in total. The largest absolute Gasteiger partial charge is 0.310 e. The Bertz CT molecular complexity index is 5690. The van der Waals surface area contributed by atoms with Crippen LogP contribution >= 0.6 is 0 Å². The minimum atomic E-state index is -0.759. The zero-order valence-electron chi connectivity index (χ0n) is 62.3. The lowest BCUT2D eigenvalue weighted by Crippen LogP contribution is -2.31. The van der Waals surface area contributed by atoms with Crippen molar-refractivity contribution in [2.75, 3.05) is 9.80 Å². The van der Waals surface area contributed by atoms with Crippen LogP contribution < -0.4 is 9.80 Å². The van der Waals surface area contributed by atoms with Crippen LogP contribution in [-0.4, -0.2) is 0 Å². The van der Waals surface area contributed by atoms with E-state index in [1.54, 1.807) is 0 Å². The fourth-order valence-corrected chi connectivity index (χ4v) is 17.3. The van der Waals surface area contributed by atoms with Crippen molar-refractivity contribution in [1.82, 2.24) is 0 Å². The van der Waals surface area contributed by atoms with Gasteiger partial charge in [0.15, 0.2) is 0 Å². The fraction of sp³-hybridized carbons (Fsp3) is 0.154. The third-order valence-electron chi connectivity index (χ3n) is 22.0. The fourth-order valence-electron chi connectivity index (χ4n) is 17.3. The first kappa shape index (κ1) is 68.6. The van der Waals surface area contributed by atoms with Crippen molar-refractivity contribution in [2.24, 2.45) is 0 Å².